The molecule has 1 aromatic carbocycles. The van der Waals surface area contributed by atoms with Gasteiger partial charge in [-0.3, -0.25) is 4.99 Å². The zero-order valence-corrected chi connectivity index (χ0v) is 13.5. The molecular formula is C16H25N3S. The van der Waals surface area contributed by atoms with Crippen molar-refractivity contribution in [3.63, 3.8) is 0 Å². The summed E-state index contributed by atoms with van der Waals surface area (Å²) >= 11 is 1.87. The van der Waals surface area contributed by atoms with Crippen LogP contribution >= 0.6 is 11.8 Å². The molecule has 2 rings (SSSR count). The monoisotopic (exact) mass is 291 g/mol. The second kappa shape index (κ2) is 7.58. The first-order valence-electron chi connectivity index (χ1n) is 7.37. The Morgan fingerprint density at radius 3 is 2.85 bits per heavy atom. The van der Waals surface area contributed by atoms with Gasteiger partial charge in [-0.25, -0.2) is 0 Å². The Bertz CT molecular complexity index is 459. The quantitative estimate of drug-likeness (QED) is 0.683. The van der Waals surface area contributed by atoms with Crippen LogP contribution in [0.15, 0.2) is 29.3 Å². The van der Waals surface area contributed by atoms with Crippen molar-refractivity contribution in [1.82, 2.24) is 10.2 Å². The van der Waals surface area contributed by atoms with Crippen LogP contribution in [0.1, 0.15) is 25.0 Å². The van der Waals surface area contributed by atoms with E-state index in [0.717, 1.165) is 38.6 Å². The van der Waals surface area contributed by atoms with E-state index in [1.54, 1.807) is 0 Å². The number of aliphatic imine (C=N–C) groups is 1. The van der Waals surface area contributed by atoms with Crippen molar-refractivity contribution in [1.29, 1.82) is 0 Å². The summed E-state index contributed by atoms with van der Waals surface area (Å²) in [6.45, 7) is 8.17. The van der Waals surface area contributed by atoms with Crippen molar-refractivity contribution < 1.29 is 0 Å². The van der Waals surface area contributed by atoms with Crippen molar-refractivity contribution in [2.45, 2.75) is 32.1 Å². The van der Waals surface area contributed by atoms with E-state index in [-0.39, 0.29) is 0 Å². The van der Waals surface area contributed by atoms with Gasteiger partial charge in [-0.15, -0.1) is 0 Å². The maximum atomic E-state index is 4.79. The van der Waals surface area contributed by atoms with E-state index < -0.39 is 0 Å². The number of guanidine groups is 1. The van der Waals surface area contributed by atoms with E-state index in [0.29, 0.717) is 5.25 Å². The minimum Gasteiger partial charge on any atom is -0.357 e. The Hall–Kier alpha value is -1.16. The van der Waals surface area contributed by atoms with E-state index in [9.17, 15) is 0 Å². The standard InChI is InChI=1S/C16H25N3S/c1-4-17-16(18-11-13(2)20-3)19-10-9-14-7-5-6-8-15(14)12-19/h5-8,13H,4,9-12H2,1-3H3,(H,17,18). The molecule has 0 fully saturated rings. The van der Waals surface area contributed by atoms with E-state index in [1.807, 2.05) is 11.8 Å². The highest BCUT2D eigenvalue weighted by Crippen LogP contribution is 2.18. The van der Waals surface area contributed by atoms with Crippen LogP contribution in [0, 0.1) is 0 Å². The van der Waals surface area contributed by atoms with Crippen molar-refractivity contribution in [2.24, 2.45) is 4.99 Å². The molecule has 1 unspecified atom stereocenters. The Kier molecular flexibility index (Phi) is 5.77. The molecule has 0 aliphatic carbocycles. The van der Waals surface area contributed by atoms with Gasteiger partial charge in [0.1, 0.15) is 0 Å². The summed E-state index contributed by atoms with van der Waals surface area (Å²) in [6.07, 6.45) is 3.25. The molecule has 0 aromatic heterocycles. The summed E-state index contributed by atoms with van der Waals surface area (Å²) in [5.74, 6) is 1.06. The van der Waals surface area contributed by atoms with Gasteiger partial charge in [-0.05, 0) is 30.7 Å². The van der Waals surface area contributed by atoms with Crippen molar-refractivity contribution in [2.75, 3.05) is 25.9 Å². The molecule has 20 heavy (non-hydrogen) atoms. The van der Waals surface area contributed by atoms with Gasteiger partial charge < -0.3 is 10.2 Å². The third-order valence-corrected chi connectivity index (χ3v) is 4.62. The van der Waals surface area contributed by atoms with Gasteiger partial charge in [0, 0.05) is 24.9 Å². The van der Waals surface area contributed by atoms with Gasteiger partial charge in [0.15, 0.2) is 5.96 Å². The fourth-order valence-electron chi connectivity index (χ4n) is 2.39. The number of hydrogen-bond acceptors (Lipinski definition) is 2. The third kappa shape index (κ3) is 3.92. The summed E-state index contributed by atoms with van der Waals surface area (Å²) in [6, 6.07) is 8.73. The highest BCUT2D eigenvalue weighted by Gasteiger charge is 2.18. The predicted octanol–water partition coefficient (Wildman–Crippen LogP) is 2.76. The van der Waals surface area contributed by atoms with E-state index >= 15 is 0 Å². The van der Waals surface area contributed by atoms with Crippen LogP contribution in [0.5, 0.6) is 0 Å². The summed E-state index contributed by atoms with van der Waals surface area (Å²) in [5.41, 5.74) is 2.92. The molecule has 1 heterocycles. The largest absolute Gasteiger partial charge is 0.357 e. The number of fused-ring (bicyclic) bond motifs is 1. The molecule has 0 saturated heterocycles. The van der Waals surface area contributed by atoms with E-state index in [1.165, 1.54) is 11.1 Å². The first kappa shape index (κ1) is 15.2. The average molecular weight is 291 g/mol. The molecule has 110 valence electrons. The Balaban J connectivity index is 2.07. The molecule has 1 aromatic rings. The Labute approximate surface area is 126 Å². The molecule has 4 heteroatoms. The summed E-state index contributed by atoms with van der Waals surface area (Å²) in [4.78, 5) is 7.17. The maximum absolute atomic E-state index is 4.79. The molecule has 1 N–H and O–H groups in total. The van der Waals surface area contributed by atoms with Gasteiger partial charge in [0.05, 0.1) is 6.54 Å². The molecule has 3 nitrogen and oxygen atoms in total. The second-order valence-electron chi connectivity index (χ2n) is 5.18. The highest BCUT2D eigenvalue weighted by atomic mass is 32.2. The van der Waals surface area contributed by atoms with Gasteiger partial charge in [0.25, 0.3) is 0 Å². The zero-order chi connectivity index (χ0) is 14.4. The lowest BCUT2D eigenvalue weighted by Gasteiger charge is -2.31. The number of nitrogens with one attached hydrogen (secondary N) is 1. The molecule has 1 aliphatic heterocycles. The molecule has 0 saturated carbocycles. The van der Waals surface area contributed by atoms with Gasteiger partial charge in [0.2, 0.25) is 0 Å². The number of nitrogens with zero attached hydrogens (tertiary/aromatic N) is 2. The van der Waals surface area contributed by atoms with Crippen molar-refractivity contribution in [3.05, 3.63) is 35.4 Å². The van der Waals surface area contributed by atoms with E-state index in [2.05, 4.69) is 54.6 Å². The number of thioether (sulfide) groups is 1. The van der Waals surface area contributed by atoms with Crippen LogP contribution in [0.25, 0.3) is 0 Å². The first-order valence-corrected chi connectivity index (χ1v) is 8.66. The van der Waals surface area contributed by atoms with Crippen LogP contribution in [-0.4, -0.2) is 42.0 Å². The van der Waals surface area contributed by atoms with Crippen molar-refractivity contribution >= 4 is 17.7 Å². The van der Waals surface area contributed by atoms with E-state index in [4.69, 9.17) is 4.99 Å². The molecule has 1 atom stereocenters. The Morgan fingerprint density at radius 1 is 1.40 bits per heavy atom. The number of benzene rings is 1. The third-order valence-electron chi connectivity index (χ3n) is 3.67. The number of rotatable bonds is 4. The summed E-state index contributed by atoms with van der Waals surface area (Å²) in [5, 5.41) is 4.00. The molecule has 0 spiro atoms. The smallest absolute Gasteiger partial charge is 0.194 e. The van der Waals surface area contributed by atoms with Gasteiger partial charge >= 0.3 is 0 Å². The minimum atomic E-state index is 0.570. The fraction of sp³-hybridized carbons (Fsp3) is 0.562. The van der Waals surface area contributed by atoms with Crippen molar-refractivity contribution in [3.8, 4) is 0 Å². The zero-order valence-electron chi connectivity index (χ0n) is 12.7. The second-order valence-corrected chi connectivity index (χ2v) is 6.46. The molecule has 0 radical (unpaired) electrons. The average Bonchev–Trinajstić information content (AvgIpc) is 2.50. The predicted molar refractivity (Wildman–Crippen MR) is 89.5 cm³/mol. The lowest BCUT2D eigenvalue weighted by Crippen LogP contribution is -2.44. The lowest BCUT2D eigenvalue weighted by atomic mass is 10.0. The Morgan fingerprint density at radius 2 is 2.15 bits per heavy atom. The van der Waals surface area contributed by atoms with Crippen LogP contribution in [0.2, 0.25) is 0 Å². The lowest BCUT2D eigenvalue weighted by molar-refractivity contribution is 0.379. The normalized spacial score (nSPS) is 16.8. The summed E-state index contributed by atoms with van der Waals surface area (Å²) < 4.78 is 0. The first-order chi connectivity index (χ1) is 9.74. The van der Waals surface area contributed by atoms with Crippen LogP contribution < -0.4 is 5.32 Å². The molecule has 0 amide bonds. The molecule has 1 aliphatic rings. The van der Waals surface area contributed by atoms with Gasteiger partial charge in [-0.1, -0.05) is 31.2 Å². The van der Waals surface area contributed by atoms with Crippen LogP contribution in [0.4, 0.5) is 0 Å². The molecular weight excluding hydrogens is 266 g/mol. The number of hydrogen-bond donors (Lipinski definition) is 1. The maximum Gasteiger partial charge on any atom is 0.194 e. The van der Waals surface area contributed by atoms with Gasteiger partial charge in [-0.2, -0.15) is 11.8 Å². The summed E-state index contributed by atoms with van der Waals surface area (Å²) in [7, 11) is 0. The van der Waals surface area contributed by atoms with Crippen LogP contribution in [-0.2, 0) is 13.0 Å². The minimum absolute atomic E-state index is 0.570. The SMILES string of the molecule is CCNC(=NCC(C)SC)N1CCc2ccccc2C1. The molecule has 0 bridgehead atoms. The highest BCUT2D eigenvalue weighted by molar-refractivity contribution is 7.99. The topological polar surface area (TPSA) is 27.6 Å². The van der Waals surface area contributed by atoms with Crippen LogP contribution in [0.3, 0.4) is 0 Å². The fourth-order valence-corrected chi connectivity index (χ4v) is 2.62.